The number of aliphatic carboxylic acids is 1. The monoisotopic (exact) mass is 344 g/mol. The van der Waals surface area contributed by atoms with Crippen molar-refractivity contribution in [2.75, 3.05) is 0 Å². The van der Waals surface area contributed by atoms with Crippen molar-refractivity contribution < 1.29 is 29.6 Å². The second-order valence-electron chi connectivity index (χ2n) is 8.53. The molecule has 0 aromatic heterocycles. The first kappa shape index (κ1) is 15.3. The fourth-order valence-electron chi connectivity index (χ4n) is 6.45. The smallest absolute Gasteiger partial charge is 0.316 e. The van der Waals surface area contributed by atoms with Gasteiger partial charge in [0.25, 0.3) is 0 Å². The lowest BCUT2D eigenvalue weighted by Gasteiger charge is -2.39. The normalized spacial score (nSPS) is 54.8. The number of fused-ring (bicyclic) bond motifs is 1. The Kier molecular flexibility index (Phi) is 2.40. The molecule has 4 aliphatic carbocycles. The van der Waals surface area contributed by atoms with E-state index in [-0.39, 0.29) is 6.42 Å². The van der Waals surface area contributed by atoms with Gasteiger partial charge in [0.05, 0.1) is 17.6 Å². The van der Waals surface area contributed by atoms with Gasteiger partial charge in [-0.25, -0.2) is 0 Å². The molecule has 0 radical (unpaired) electrons. The fraction of sp³-hybridized carbons (Fsp3) is 0.579. The second kappa shape index (κ2) is 3.91. The summed E-state index contributed by atoms with van der Waals surface area (Å²) in [6.45, 7) is 5.58. The van der Waals surface area contributed by atoms with Gasteiger partial charge in [-0.1, -0.05) is 18.7 Å². The maximum absolute atomic E-state index is 12.7. The maximum Gasteiger partial charge on any atom is 0.316 e. The number of rotatable bonds is 1. The van der Waals surface area contributed by atoms with Crippen LogP contribution >= 0.6 is 0 Å². The summed E-state index contributed by atoms with van der Waals surface area (Å²) in [6.07, 6.45) is 4.94. The van der Waals surface area contributed by atoms with E-state index < -0.39 is 51.9 Å². The average Bonchev–Trinajstić information content (AvgIpc) is 2.95. The van der Waals surface area contributed by atoms with E-state index in [1.165, 1.54) is 0 Å². The van der Waals surface area contributed by atoms with E-state index in [0.29, 0.717) is 18.4 Å². The van der Waals surface area contributed by atoms with Crippen LogP contribution in [0.5, 0.6) is 0 Å². The van der Waals surface area contributed by atoms with Crippen molar-refractivity contribution in [2.24, 2.45) is 22.7 Å². The Morgan fingerprint density at radius 1 is 1.44 bits per heavy atom. The number of aliphatic hydroxyl groups is 2. The van der Waals surface area contributed by atoms with Crippen LogP contribution in [0, 0.1) is 22.7 Å². The summed E-state index contributed by atoms with van der Waals surface area (Å²) in [4.78, 5) is 25.0. The second-order valence-corrected chi connectivity index (χ2v) is 8.53. The molecule has 2 saturated carbocycles. The number of esters is 1. The minimum Gasteiger partial charge on any atom is -0.481 e. The van der Waals surface area contributed by atoms with Crippen molar-refractivity contribution in [3.63, 3.8) is 0 Å². The quantitative estimate of drug-likeness (QED) is 0.483. The largest absolute Gasteiger partial charge is 0.481 e. The molecule has 7 atom stereocenters. The van der Waals surface area contributed by atoms with E-state index >= 15 is 0 Å². The van der Waals surface area contributed by atoms with Crippen LogP contribution in [0.1, 0.15) is 26.2 Å². The third-order valence-corrected chi connectivity index (χ3v) is 7.54. The molecule has 5 aliphatic rings. The number of carbonyl (C=O) groups is 2. The van der Waals surface area contributed by atoms with Crippen LogP contribution in [-0.2, 0) is 14.3 Å². The third kappa shape index (κ3) is 1.32. The first-order chi connectivity index (χ1) is 11.6. The molecule has 3 fully saturated rings. The van der Waals surface area contributed by atoms with E-state index in [9.17, 15) is 24.9 Å². The zero-order chi connectivity index (χ0) is 18.0. The molecular weight excluding hydrogens is 324 g/mol. The van der Waals surface area contributed by atoms with Gasteiger partial charge in [-0.2, -0.15) is 0 Å². The number of carbonyl (C=O) groups excluding carboxylic acids is 1. The van der Waals surface area contributed by atoms with Crippen molar-refractivity contribution in [3.05, 3.63) is 36.0 Å². The van der Waals surface area contributed by atoms with Crippen LogP contribution in [-0.4, -0.2) is 44.6 Å². The molecule has 0 amide bonds. The maximum atomic E-state index is 12.7. The summed E-state index contributed by atoms with van der Waals surface area (Å²) >= 11 is 0. The number of carboxylic acid groups (broad SMARTS) is 1. The predicted molar refractivity (Wildman–Crippen MR) is 85.1 cm³/mol. The van der Waals surface area contributed by atoms with E-state index in [1.54, 1.807) is 19.1 Å². The molecule has 5 rings (SSSR count). The van der Waals surface area contributed by atoms with Crippen LogP contribution in [0.2, 0.25) is 0 Å². The molecule has 0 unspecified atom stereocenters. The Hall–Kier alpha value is -1.92. The van der Waals surface area contributed by atoms with Crippen LogP contribution in [0.3, 0.4) is 0 Å². The summed E-state index contributed by atoms with van der Waals surface area (Å²) < 4.78 is 5.81. The van der Waals surface area contributed by atoms with E-state index in [0.717, 1.165) is 5.57 Å². The number of hydrogen-bond acceptors (Lipinski definition) is 5. The lowest BCUT2D eigenvalue weighted by molar-refractivity contribution is -0.156. The molecule has 25 heavy (non-hydrogen) atoms. The Labute approximate surface area is 144 Å². The van der Waals surface area contributed by atoms with Gasteiger partial charge in [-0.15, -0.1) is 0 Å². The van der Waals surface area contributed by atoms with Crippen LogP contribution in [0.15, 0.2) is 36.0 Å². The van der Waals surface area contributed by atoms with Crippen molar-refractivity contribution in [2.45, 2.75) is 43.5 Å². The van der Waals surface area contributed by atoms with Gasteiger partial charge < -0.3 is 20.1 Å². The van der Waals surface area contributed by atoms with Gasteiger partial charge in [-0.05, 0) is 43.4 Å². The molecule has 1 saturated heterocycles. The molecule has 3 N–H and O–H groups in total. The lowest BCUT2D eigenvalue weighted by Crippen LogP contribution is -2.50. The zero-order valence-electron chi connectivity index (χ0n) is 13.9. The van der Waals surface area contributed by atoms with Gasteiger partial charge in [0, 0.05) is 11.3 Å². The van der Waals surface area contributed by atoms with Crippen molar-refractivity contribution in [3.8, 4) is 0 Å². The molecule has 132 valence electrons. The molecule has 1 heterocycles. The number of ether oxygens (including phenoxy) is 1. The lowest BCUT2D eigenvalue weighted by atomic mass is 9.61. The minimum absolute atomic E-state index is 0.275. The van der Waals surface area contributed by atoms with Crippen LogP contribution < -0.4 is 0 Å². The molecule has 4 bridgehead atoms. The summed E-state index contributed by atoms with van der Waals surface area (Å²) in [5.74, 6) is -3.22. The SMILES string of the molecule is C=C1C[C@]23C[C@@]1(O)CC=C2[C@@]12C=C[C@H](O)[C@@](C)(C(=O)O1)[C@H]2[C@@H]3C(=O)O. The zero-order valence-corrected chi connectivity index (χ0v) is 13.9. The number of hydrogen-bond donors (Lipinski definition) is 3. The summed E-state index contributed by atoms with van der Waals surface area (Å²) in [5.41, 5.74) is -2.98. The molecule has 1 spiro atoms. The highest BCUT2D eigenvalue weighted by Gasteiger charge is 2.81. The molecule has 6 nitrogen and oxygen atoms in total. The van der Waals surface area contributed by atoms with Crippen LogP contribution in [0.4, 0.5) is 0 Å². The number of aliphatic hydroxyl groups excluding tert-OH is 1. The minimum atomic E-state index is -1.31. The third-order valence-electron chi connectivity index (χ3n) is 7.54. The highest BCUT2D eigenvalue weighted by molar-refractivity contribution is 5.88. The predicted octanol–water partition coefficient (Wildman–Crippen LogP) is 0.947. The summed E-state index contributed by atoms with van der Waals surface area (Å²) in [6, 6.07) is 0. The average molecular weight is 344 g/mol. The van der Waals surface area contributed by atoms with E-state index in [2.05, 4.69) is 6.58 Å². The topological polar surface area (TPSA) is 104 Å². The van der Waals surface area contributed by atoms with E-state index in [1.807, 2.05) is 6.08 Å². The Morgan fingerprint density at radius 2 is 2.16 bits per heavy atom. The van der Waals surface area contributed by atoms with Gasteiger partial charge >= 0.3 is 11.9 Å². The first-order valence-corrected chi connectivity index (χ1v) is 8.57. The van der Waals surface area contributed by atoms with Crippen LogP contribution in [0.25, 0.3) is 0 Å². The highest BCUT2D eigenvalue weighted by Crippen LogP contribution is 2.75. The summed E-state index contributed by atoms with van der Waals surface area (Å²) in [7, 11) is 0. The Balaban J connectivity index is 1.83. The first-order valence-electron chi connectivity index (χ1n) is 8.57. The van der Waals surface area contributed by atoms with Crippen molar-refractivity contribution in [1.82, 2.24) is 0 Å². The van der Waals surface area contributed by atoms with Crippen molar-refractivity contribution in [1.29, 1.82) is 0 Å². The van der Waals surface area contributed by atoms with Gasteiger partial charge in [-0.3, -0.25) is 9.59 Å². The molecular formula is C19H20O6. The highest BCUT2D eigenvalue weighted by atomic mass is 16.6. The van der Waals surface area contributed by atoms with Gasteiger partial charge in [0.15, 0.2) is 5.60 Å². The van der Waals surface area contributed by atoms with Gasteiger partial charge in [0.2, 0.25) is 0 Å². The Bertz CT molecular complexity index is 826. The molecule has 6 heteroatoms. The standard InChI is InChI=1S/C19H20O6/c1-9-7-17-8-18(9,24)5-3-10(17)19-6-4-11(20)16(2,15(23)25-19)13(19)12(17)14(21)22/h3-4,6,11-13,20,24H,1,5,7-8H2,2H3,(H,21,22)/t11-,12+,13+,16+,17-,18-,19+/m0/s1. The molecule has 1 aliphatic heterocycles. The van der Waals surface area contributed by atoms with Gasteiger partial charge in [0.1, 0.15) is 5.41 Å². The molecule has 0 aromatic carbocycles. The van der Waals surface area contributed by atoms with E-state index in [4.69, 9.17) is 4.74 Å². The molecule has 0 aromatic rings. The summed E-state index contributed by atoms with van der Waals surface area (Å²) in [5, 5.41) is 31.5. The van der Waals surface area contributed by atoms with Crippen molar-refractivity contribution >= 4 is 11.9 Å². The Morgan fingerprint density at radius 3 is 2.84 bits per heavy atom. The number of carboxylic acids is 1. The fourth-order valence-corrected chi connectivity index (χ4v) is 6.45.